The molecule has 1 aromatic carbocycles. The van der Waals surface area contributed by atoms with Crippen LogP contribution in [-0.4, -0.2) is 21.3 Å². The highest BCUT2D eigenvalue weighted by atomic mass is 15.3. The number of benzene rings is 1. The Balaban J connectivity index is 1.91. The standard InChI is InChI=1S/C13H17N5/c1-9-5-10-3-4-18(12(10)6-11(9)14)7-13-15-8-16-17(13)2/h5-6,8H,3-4,7,14H2,1-2H3. The first-order chi connectivity index (χ1) is 8.65. The zero-order valence-electron chi connectivity index (χ0n) is 10.7. The highest BCUT2D eigenvalue weighted by molar-refractivity contribution is 5.67. The van der Waals surface area contributed by atoms with Crippen LogP contribution in [0, 0.1) is 6.92 Å². The molecule has 1 aromatic heterocycles. The summed E-state index contributed by atoms with van der Waals surface area (Å²) in [7, 11) is 1.92. The number of fused-ring (bicyclic) bond motifs is 1. The second-order valence-electron chi connectivity index (χ2n) is 4.81. The van der Waals surface area contributed by atoms with E-state index >= 15 is 0 Å². The molecule has 0 fully saturated rings. The average Bonchev–Trinajstić information content (AvgIpc) is 2.90. The van der Waals surface area contributed by atoms with Gasteiger partial charge in [-0.05, 0) is 30.5 Å². The van der Waals surface area contributed by atoms with Gasteiger partial charge >= 0.3 is 0 Å². The van der Waals surface area contributed by atoms with Gasteiger partial charge in [-0.2, -0.15) is 5.10 Å². The molecule has 18 heavy (non-hydrogen) atoms. The molecule has 1 aliphatic rings. The Hall–Kier alpha value is -2.04. The van der Waals surface area contributed by atoms with E-state index in [0.29, 0.717) is 0 Å². The van der Waals surface area contributed by atoms with E-state index in [1.807, 2.05) is 11.7 Å². The lowest BCUT2D eigenvalue weighted by Gasteiger charge is -2.19. The van der Waals surface area contributed by atoms with E-state index in [4.69, 9.17) is 5.73 Å². The van der Waals surface area contributed by atoms with Crippen LogP contribution >= 0.6 is 0 Å². The highest BCUT2D eigenvalue weighted by Gasteiger charge is 2.21. The van der Waals surface area contributed by atoms with Crippen LogP contribution in [-0.2, 0) is 20.0 Å². The molecule has 0 bridgehead atoms. The van der Waals surface area contributed by atoms with Gasteiger partial charge in [0.25, 0.3) is 0 Å². The fraction of sp³-hybridized carbons (Fsp3) is 0.385. The molecule has 2 heterocycles. The number of nitrogens with two attached hydrogens (primary N) is 1. The van der Waals surface area contributed by atoms with Gasteiger partial charge in [0, 0.05) is 25.0 Å². The van der Waals surface area contributed by atoms with E-state index in [1.165, 1.54) is 11.3 Å². The summed E-state index contributed by atoms with van der Waals surface area (Å²) in [5, 5.41) is 4.10. The Morgan fingerprint density at radius 3 is 2.94 bits per heavy atom. The van der Waals surface area contributed by atoms with Gasteiger partial charge in [0.15, 0.2) is 0 Å². The number of hydrogen-bond donors (Lipinski definition) is 1. The van der Waals surface area contributed by atoms with Gasteiger partial charge in [0.05, 0.1) is 6.54 Å². The molecule has 94 valence electrons. The number of rotatable bonds is 2. The van der Waals surface area contributed by atoms with Gasteiger partial charge in [-0.25, -0.2) is 4.98 Å². The summed E-state index contributed by atoms with van der Waals surface area (Å²) < 4.78 is 1.82. The van der Waals surface area contributed by atoms with Crippen molar-refractivity contribution in [2.24, 2.45) is 7.05 Å². The van der Waals surface area contributed by atoms with Crippen LogP contribution in [0.4, 0.5) is 11.4 Å². The third-order valence-corrected chi connectivity index (χ3v) is 3.60. The van der Waals surface area contributed by atoms with Crippen molar-refractivity contribution >= 4 is 11.4 Å². The molecule has 2 aromatic rings. The molecule has 5 heteroatoms. The minimum Gasteiger partial charge on any atom is -0.398 e. The zero-order chi connectivity index (χ0) is 12.7. The van der Waals surface area contributed by atoms with E-state index < -0.39 is 0 Å². The van der Waals surface area contributed by atoms with Crippen molar-refractivity contribution in [1.82, 2.24) is 14.8 Å². The summed E-state index contributed by atoms with van der Waals surface area (Å²) in [6.07, 6.45) is 2.67. The summed E-state index contributed by atoms with van der Waals surface area (Å²) >= 11 is 0. The largest absolute Gasteiger partial charge is 0.398 e. The highest BCUT2D eigenvalue weighted by Crippen LogP contribution is 2.32. The molecule has 0 amide bonds. The molecule has 0 unspecified atom stereocenters. The van der Waals surface area contributed by atoms with E-state index in [-0.39, 0.29) is 0 Å². The maximum atomic E-state index is 6.00. The molecule has 3 rings (SSSR count). The van der Waals surface area contributed by atoms with Crippen molar-refractivity contribution < 1.29 is 0 Å². The molecule has 5 nitrogen and oxygen atoms in total. The monoisotopic (exact) mass is 243 g/mol. The summed E-state index contributed by atoms with van der Waals surface area (Å²) in [6.45, 7) is 3.86. The Morgan fingerprint density at radius 2 is 2.22 bits per heavy atom. The SMILES string of the molecule is Cc1cc2c(cc1N)N(Cc1ncnn1C)CC2. The number of nitrogen functional groups attached to an aromatic ring is 1. The van der Waals surface area contributed by atoms with E-state index in [2.05, 4.69) is 34.0 Å². The normalized spacial score (nSPS) is 14.0. The minimum absolute atomic E-state index is 0.784. The van der Waals surface area contributed by atoms with Gasteiger partial charge < -0.3 is 10.6 Å². The fourth-order valence-corrected chi connectivity index (χ4v) is 2.44. The number of aromatic nitrogens is 3. The lowest BCUT2D eigenvalue weighted by molar-refractivity contribution is 0.677. The number of nitrogens with zero attached hydrogens (tertiary/aromatic N) is 4. The predicted octanol–water partition coefficient (Wildman–Crippen LogP) is 1.27. The second kappa shape index (κ2) is 4.01. The quantitative estimate of drug-likeness (QED) is 0.807. The van der Waals surface area contributed by atoms with E-state index in [1.54, 1.807) is 6.33 Å². The topological polar surface area (TPSA) is 60.0 Å². The molecule has 1 aliphatic heterocycles. The third kappa shape index (κ3) is 1.72. The molecule has 0 atom stereocenters. The van der Waals surface area contributed by atoms with Crippen molar-refractivity contribution in [1.29, 1.82) is 0 Å². The van der Waals surface area contributed by atoms with E-state index in [9.17, 15) is 0 Å². The number of hydrogen-bond acceptors (Lipinski definition) is 4. The molecule has 0 saturated heterocycles. The fourth-order valence-electron chi connectivity index (χ4n) is 2.44. The van der Waals surface area contributed by atoms with Crippen LogP contribution in [0.15, 0.2) is 18.5 Å². The molecule has 0 aliphatic carbocycles. The van der Waals surface area contributed by atoms with Crippen LogP contribution in [0.5, 0.6) is 0 Å². The molecular weight excluding hydrogens is 226 g/mol. The van der Waals surface area contributed by atoms with Crippen molar-refractivity contribution in [2.75, 3.05) is 17.2 Å². The third-order valence-electron chi connectivity index (χ3n) is 3.60. The molecule has 0 radical (unpaired) electrons. The van der Waals surface area contributed by atoms with Crippen LogP contribution in [0.3, 0.4) is 0 Å². The molecule has 0 saturated carbocycles. The Labute approximate surface area is 106 Å². The van der Waals surface area contributed by atoms with Crippen LogP contribution in [0.1, 0.15) is 17.0 Å². The van der Waals surface area contributed by atoms with Gasteiger partial charge in [0.2, 0.25) is 0 Å². The lowest BCUT2D eigenvalue weighted by Crippen LogP contribution is -2.22. The number of aryl methyl sites for hydroxylation is 2. The van der Waals surface area contributed by atoms with Crippen LogP contribution in [0.2, 0.25) is 0 Å². The molecule has 0 spiro atoms. The zero-order valence-corrected chi connectivity index (χ0v) is 10.7. The lowest BCUT2D eigenvalue weighted by atomic mass is 10.1. The summed E-state index contributed by atoms with van der Waals surface area (Å²) in [6, 6.07) is 4.27. The summed E-state index contributed by atoms with van der Waals surface area (Å²) in [4.78, 5) is 6.59. The van der Waals surface area contributed by atoms with Crippen molar-refractivity contribution in [3.05, 3.63) is 35.4 Å². The second-order valence-corrected chi connectivity index (χ2v) is 4.81. The van der Waals surface area contributed by atoms with E-state index in [0.717, 1.165) is 36.6 Å². The summed E-state index contributed by atoms with van der Waals surface area (Å²) in [5.74, 6) is 0.974. The van der Waals surface area contributed by atoms with Gasteiger partial charge in [-0.1, -0.05) is 6.07 Å². The Kier molecular flexibility index (Phi) is 2.47. The van der Waals surface area contributed by atoms with Gasteiger partial charge in [0.1, 0.15) is 12.2 Å². The van der Waals surface area contributed by atoms with Crippen molar-refractivity contribution in [3.63, 3.8) is 0 Å². The summed E-state index contributed by atoms with van der Waals surface area (Å²) in [5.41, 5.74) is 10.6. The maximum absolute atomic E-state index is 6.00. The minimum atomic E-state index is 0.784. The number of anilines is 2. The van der Waals surface area contributed by atoms with Crippen molar-refractivity contribution in [2.45, 2.75) is 19.9 Å². The first-order valence-electron chi connectivity index (χ1n) is 6.12. The Bertz CT molecular complexity index is 587. The van der Waals surface area contributed by atoms with Gasteiger partial charge in [-0.15, -0.1) is 0 Å². The van der Waals surface area contributed by atoms with Gasteiger partial charge in [-0.3, -0.25) is 4.68 Å². The van der Waals surface area contributed by atoms with Crippen molar-refractivity contribution in [3.8, 4) is 0 Å². The Morgan fingerprint density at radius 1 is 1.39 bits per heavy atom. The predicted molar refractivity (Wildman–Crippen MR) is 71.3 cm³/mol. The first kappa shape index (κ1) is 11.1. The maximum Gasteiger partial charge on any atom is 0.146 e. The molecule has 2 N–H and O–H groups in total. The smallest absolute Gasteiger partial charge is 0.146 e. The average molecular weight is 243 g/mol. The first-order valence-corrected chi connectivity index (χ1v) is 6.12. The van der Waals surface area contributed by atoms with Crippen LogP contribution in [0.25, 0.3) is 0 Å². The van der Waals surface area contributed by atoms with Crippen LogP contribution < -0.4 is 10.6 Å². The molecular formula is C13H17N5.